The van der Waals surface area contributed by atoms with Crippen LogP contribution in [0.4, 0.5) is 5.82 Å². The largest absolute Gasteiger partial charge is 0.495 e. The number of hydrogen-bond acceptors (Lipinski definition) is 5. The maximum Gasteiger partial charge on any atom is 0.137 e. The lowest BCUT2D eigenvalue weighted by Crippen LogP contribution is -2.65. The second-order valence-electron chi connectivity index (χ2n) is 4.62. The summed E-state index contributed by atoms with van der Waals surface area (Å²) in [5.41, 5.74) is 6.12. The van der Waals surface area contributed by atoms with Gasteiger partial charge in [0.05, 0.1) is 25.5 Å². The average Bonchev–Trinajstić information content (AvgIpc) is 2.81. The van der Waals surface area contributed by atoms with Crippen LogP contribution in [0.15, 0.2) is 18.3 Å². The Morgan fingerprint density at radius 2 is 2.41 bits per heavy atom. The van der Waals surface area contributed by atoms with Gasteiger partial charge in [0.15, 0.2) is 0 Å². The van der Waals surface area contributed by atoms with E-state index in [2.05, 4.69) is 10.3 Å². The topological polar surface area (TPSA) is 69.4 Å². The summed E-state index contributed by atoms with van der Waals surface area (Å²) in [7, 11) is 1.63. The van der Waals surface area contributed by atoms with Crippen LogP contribution in [0.3, 0.4) is 0 Å². The van der Waals surface area contributed by atoms with Gasteiger partial charge in [-0.1, -0.05) is 0 Å². The molecule has 0 radical (unpaired) electrons. The Bertz CT molecular complexity index is 395. The molecule has 0 aromatic carbocycles. The zero-order valence-electron chi connectivity index (χ0n) is 9.80. The van der Waals surface area contributed by atoms with Crippen molar-refractivity contribution in [1.82, 2.24) is 4.98 Å². The van der Waals surface area contributed by atoms with Crippen LogP contribution in [-0.4, -0.2) is 36.9 Å². The van der Waals surface area contributed by atoms with Gasteiger partial charge in [-0.2, -0.15) is 0 Å². The summed E-state index contributed by atoms with van der Waals surface area (Å²) in [4.78, 5) is 4.27. The number of methoxy groups -OCH3 is 1. The summed E-state index contributed by atoms with van der Waals surface area (Å²) in [5, 5.41) is 3.33. The fourth-order valence-electron chi connectivity index (χ4n) is 2.68. The van der Waals surface area contributed by atoms with Gasteiger partial charge >= 0.3 is 0 Å². The normalized spacial score (nSPS) is 34.9. The van der Waals surface area contributed by atoms with Crippen molar-refractivity contribution in [2.45, 2.75) is 24.6 Å². The van der Waals surface area contributed by atoms with Crippen LogP contribution in [0.2, 0.25) is 0 Å². The van der Waals surface area contributed by atoms with Gasteiger partial charge in [-0.05, 0) is 18.6 Å². The zero-order chi connectivity index (χ0) is 11.8. The third kappa shape index (κ3) is 1.75. The van der Waals surface area contributed by atoms with Crippen molar-refractivity contribution in [2.75, 3.05) is 19.0 Å². The molecule has 0 spiro atoms. The average molecular weight is 235 g/mol. The molecule has 3 N–H and O–H groups in total. The molecule has 1 saturated carbocycles. The molecule has 2 fully saturated rings. The minimum atomic E-state index is 0.173. The van der Waals surface area contributed by atoms with Crippen LogP contribution in [-0.2, 0) is 4.74 Å². The number of pyridine rings is 1. The lowest BCUT2D eigenvalue weighted by atomic mass is 9.72. The molecule has 92 valence electrons. The molecular weight excluding hydrogens is 218 g/mol. The Morgan fingerprint density at radius 1 is 1.53 bits per heavy atom. The Kier molecular flexibility index (Phi) is 2.64. The van der Waals surface area contributed by atoms with Gasteiger partial charge in [-0.3, -0.25) is 0 Å². The van der Waals surface area contributed by atoms with Crippen molar-refractivity contribution in [2.24, 2.45) is 11.7 Å². The van der Waals surface area contributed by atoms with Crippen molar-refractivity contribution >= 4 is 5.82 Å². The molecule has 0 amide bonds. The minimum Gasteiger partial charge on any atom is -0.495 e. The fraction of sp³-hybridized carbons (Fsp3) is 0.583. The van der Waals surface area contributed by atoms with Crippen LogP contribution in [0.5, 0.6) is 5.75 Å². The number of ether oxygens (including phenoxy) is 2. The van der Waals surface area contributed by atoms with E-state index in [1.807, 2.05) is 12.1 Å². The number of rotatable bonds is 3. The summed E-state index contributed by atoms with van der Waals surface area (Å²) in [5.74, 6) is 2.09. The van der Waals surface area contributed by atoms with Crippen molar-refractivity contribution in [1.29, 1.82) is 0 Å². The molecule has 3 rings (SSSR count). The highest BCUT2D eigenvalue weighted by Crippen LogP contribution is 2.39. The molecule has 1 aromatic heterocycles. The van der Waals surface area contributed by atoms with E-state index >= 15 is 0 Å². The summed E-state index contributed by atoms with van der Waals surface area (Å²) >= 11 is 0. The molecule has 1 aliphatic carbocycles. The maximum atomic E-state index is 6.12. The second kappa shape index (κ2) is 4.16. The molecule has 4 unspecified atom stereocenters. The van der Waals surface area contributed by atoms with Crippen molar-refractivity contribution in [3.63, 3.8) is 0 Å². The molecule has 5 heteroatoms. The first-order chi connectivity index (χ1) is 8.29. The molecule has 2 aliphatic rings. The molecule has 2 heterocycles. The first-order valence-electron chi connectivity index (χ1n) is 5.93. The van der Waals surface area contributed by atoms with Gasteiger partial charge in [0.2, 0.25) is 0 Å². The summed E-state index contributed by atoms with van der Waals surface area (Å²) in [6.07, 6.45) is 3.04. The van der Waals surface area contributed by atoms with E-state index in [-0.39, 0.29) is 18.2 Å². The quantitative estimate of drug-likeness (QED) is 0.803. The number of fused-ring (bicyclic) bond motifs is 1. The van der Waals surface area contributed by atoms with E-state index in [0.717, 1.165) is 24.6 Å². The van der Waals surface area contributed by atoms with Gasteiger partial charge in [0, 0.05) is 18.6 Å². The van der Waals surface area contributed by atoms with E-state index in [1.165, 1.54) is 0 Å². The molecule has 5 nitrogen and oxygen atoms in total. The van der Waals surface area contributed by atoms with Crippen LogP contribution in [0.25, 0.3) is 0 Å². The Balaban J connectivity index is 1.66. The second-order valence-corrected chi connectivity index (χ2v) is 4.62. The van der Waals surface area contributed by atoms with Crippen LogP contribution >= 0.6 is 0 Å². The molecular formula is C12H17N3O2. The van der Waals surface area contributed by atoms with Crippen molar-refractivity contribution in [3.05, 3.63) is 18.3 Å². The van der Waals surface area contributed by atoms with Gasteiger partial charge in [-0.25, -0.2) is 4.98 Å². The third-order valence-corrected chi connectivity index (χ3v) is 3.73. The van der Waals surface area contributed by atoms with Gasteiger partial charge < -0.3 is 20.5 Å². The fourth-order valence-corrected chi connectivity index (χ4v) is 2.68. The van der Waals surface area contributed by atoms with Crippen LogP contribution in [0, 0.1) is 5.92 Å². The first kappa shape index (κ1) is 10.8. The van der Waals surface area contributed by atoms with E-state index in [4.69, 9.17) is 15.2 Å². The van der Waals surface area contributed by atoms with E-state index in [0.29, 0.717) is 5.92 Å². The van der Waals surface area contributed by atoms with Crippen molar-refractivity contribution in [3.8, 4) is 5.75 Å². The molecule has 0 bridgehead atoms. The highest BCUT2D eigenvalue weighted by Gasteiger charge is 2.52. The monoisotopic (exact) mass is 235 g/mol. The van der Waals surface area contributed by atoms with E-state index in [9.17, 15) is 0 Å². The number of nitrogens with two attached hydrogens (primary N) is 1. The number of nitrogens with one attached hydrogen (secondary N) is 1. The number of hydrogen-bond donors (Lipinski definition) is 2. The van der Waals surface area contributed by atoms with Crippen molar-refractivity contribution < 1.29 is 9.47 Å². The third-order valence-electron chi connectivity index (χ3n) is 3.73. The Labute approximate surface area is 100 Å². The Hall–Kier alpha value is -1.33. The molecule has 1 saturated heterocycles. The molecule has 4 atom stereocenters. The van der Waals surface area contributed by atoms with Crippen LogP contribution in [0.1, 0.15) is 6.42 Å². The lowest BCUT2D eigenvalue weighted by molar-refractivity contribution is 0.00524. The molecule has 1 aliphatic heterocycles. The standard InChI is InChI=1S/C12H17N3O2/c1-16-7-2-3-9(14-6-7)15-11-10(13)8-4-5-17-12(8)11/h2-3,6,8,10-12H,4-5,13H2,1H3,(H,14,15). The highest BCUT2D eigenvalue weighted by molar-refractivity contribution is 5.40. The zero-order valence-corrected chi connectivity index (χ0v) is 9.80. The molecule has 1 aromatic rings. The summed E-state index contributed by atoms with van der Waals surface area (Å²) in [6, 6.07) is 4.13. The minimum absolute atomic E-state index is 0.173. The smallest absolute Gasteiger partial charge is 0.137 e. The van der Waals surface area contributed by atoms with Crippen LogP contribution < -0.4 is 15.8 Å². The predicted octanol–water partition coefficient (Wildman–Crippen LogP) is 0.617. The number of aromatic nitrogens is 1. The molecule has 17 heavy (non-hydrogen) atoms. The lowest BCUT2D eigenvalue weighted by Gasteiger charge is -2.45. The number of nitrogens with zero attached hydrogens (tertiary/aromatic N) is 1. The first-order valence-corrected chi connectivity index (χ1v) is 5.93. The highest BCUT2D eigenvalue weighted by atomic mass is 16.5. The summed E-state index contributed by atoms with van der Waals surface area (Å²) in [6.45, 7) is 0.831. The summed E-state index contributed by atoms with van der Waals surface area (Å²) < 4.78 is 10.7. The predicted molar refractivity (Wildman–Crippen MR) is 64.0 cm³/mol. The maximum absolute atomic E-state index is 6.12. The SMILES string of the molecule is COc1ccc(NC2C(N)C3CCOC32)nc1. The van der Waals surface area contributed by atoms with Gasteiger partial charge in [0.1, 0.15) is 11.6 Å². The number of anilines is 1. The Morgan fingerprint density at radius 3 is 3.12 bits per heavy atom. The van der Waals surface area contributed by atoms with E-state index in [1.54, 1.807) is 13.3 Å². The van der Waals surface area contributed by atoms with Gasteiger partial charge in [0.25, 0.3) is 0 Å². The van der Waals surface area contributed by atoms with E-state index < -0.39 is 0 Å². The van der Waals surface area contributed by atoms with Gasteiger partial charge in [-0.15, -0.1) is 0 Å².